The highest BCUT2D eigenvalue weighted by Crippen LogP contribution is 2.29. The first-order chi connectivity index (χ1) is 13.3. The van der Waals surface area contributed by atoms with Crippen LogP contribution in [0.25, 0.3) is 6.08 Å². The van der Waals surface area contributed by atoms with Crippen molar-refractivity contribution in [2.24, 2.45) is 0 Å². The van der Waals surface area contributed by atoms with Gasteiger partial charge in [-0.25, -0.2) is 4.79 Å². The molecular weight excluding hydrogens is 388 g/mol. The van der Waals surface area contributed by atoms with Crippen molar-refractivity contribution in [2.75, 3.05) is 12.4 Å². The molecule has 1 amide bonds. The Labute approximate surface area is 165 Å². The lowest BCUT2D eigenvalue weighted by Crippen LogP contribution is -2.29. The minimum Gasteiger partial charge on any atom is -0.495 e. The van der Waals surface area contributed by atoms with Crippen LogP contribution in [0.3, 0.4) is 0 Å². The molecule has 8 nitrogen and oxygen atoms in total. The maximum atomic E-state index is 12.3. The quantitative estimate of drug-likeness (QED) is 0.325. The number of nitro groups is 1. The minimum atomic E-state index is -1.14. The molecule has 28 heavy (non-hydrogen) atoms. The van der Waals surface area contributed by atoms with E-state index in [1.807, 2.05) is 0 Å². The Balaban J connectivity index is 2.01. The van der Waals surface area contributed by atoms with Crippen molar-refractivity contribution in [3.05, 3.63) is 69.2 Å². The second-order valence-corrected chi connectivity index (χ2v) is 6.03. The van der Waals surface area contributed by atoms with E-state index in [2.05, 4.69) is 5.32 Å². The number of carbonyl (C=O) groups is 2. The third kappa shape index (κ3) is 5.82. The molecule has 1 atom stereocenters. The first-order valence-corrected chi connectivity index (χ1v) is 8.45. The molecule has 146 valence electrons. The average Bonchev–Trinajstić information content (AvgIpc) is 2.66. The Kier molecular flexibility index (Phi) is 7.11. The van der Waals surface area contributed by atoms with Gasteiger partial charge in [0.2, 0.25) is 0 Å². The molecular formula is C19H17ClN2O6. The molecule has 0 bridgehead atoms. The van der Waals surface area contributed by atoms with Crippen molar-refractivity contribution in [3.63, 3.8) is 0 Å². The number of methoxy groups -OCH3 is 1. The number of rotatable bonds is 7. The fourth-order valence-electron chi connectivity index (χ4n) is 2.18. The van der Waals surface area contributed by atoms with E-state index in [4.69, 9.17) is 21.1 Å². The Morgan fingerprint density at radius 2 is 2.00 bits per heavy atom. The number of benzene rings is 2. The van der Waals surface area contributed by atoms with E-state index in [1.165, 1.54) is 38.3 Å². The summed E-state index contributed by atoms with van der Waals surface area (Å²) in [5, 5.41) is 13.9. The number of carbonyl (C=O) groups excluding carboxylic acids is 2. The van der Waals surface area contributed by atoms with Gasteiger partial charge in [-0.15, -0.1) is 0 Å². The summed E-state index contributed by atoms with van der Waals surface area (Å²) in [7, 11) is 1.36. The summed E-state index contributed by atoms with van der Waals surface area (Å²) in [4.78, 5) is 34.5. The molecule has 0 heterocycles. The van der Waals surface area contributed by atoms with E-state index < -0.39 is 22.9 Å². The molecule has 0 fully saturated rings. The summed E-state index contributed by atoms with van der Waals surface area (Å²) in [6.07, 6.45) is 1.53. The van der Waals surface area contributed by atoms with E-state index in [-0.39, 0.29) is 17.1 Å². The van der Waals surface area contributed by atoms with Crippen molar-refractivity contribution in [2.45, 2.75) is 13.0 Å². The van der Waals surface area contributed by atoms with Crippen LogP contribution in [0.2, 0.25) is 5.02 Å². The van der Waals surface area contributed by atoms with Gasteiger partial charge in [-0.3, -0.25) is 14.9 Å². The Morgan fingerprint density at radius 3 is 2.64 bits per heavy atom. The zero-order chi connectivity index (χ0) is 20.7. The van der Waals surface area contributed by atoms with Crippen molar-refractivity contribution >= 4 is 40.9 Å². The monoisotopic (exact) mass is 404 g/mol. The second-order valence-electron chi connectivity index (χ2n) is 5.60. The van der Waals surface area contributed by atoms with Gasteiger partial charge >= 0.3 is 5.97 Å². The van der Waals surface area contributed by atoms with Crippen LogP contribution in [0, 0.1) is 10.1 Å². The predicted molar refractivity (Wildman–Crippen MR) is 104 cm³/mol. The van der Waals surface area contributed by atoms with E-state index in [1.54, 1.807) is 24.3 Å². The number of non-ortho nitro benzene ring substituents is 1. The van der Waals surface area contributed by atoms with Crippen LogP contribution in [0.4, 0.5) is 11.4 Å². The smallest absolute Gasteiger partial charge is 0.331 e. The van der Waals surface area contributed by atoms with Gasteiger partial charge in [0.15, 0.2) is 6.10 Å². The lowest BCUT2D eigenvalue weighted by molar-refractivity contribution is -0.384. The van der Waals surface area contributed by atoms with Crippen LogP contribution in [-0.4, -0.2) is 30.0 Å². The maximum Gasteiger partial charge on any atom is 0.331 e. The lowest BCUT2D eigenvalue weighted by atomic mass is 10.2. The number of ether oxygens (including phenoxy) is 2. The van der Waals surface area contributed by atoms with Crippen molar-refractivity contribution in [1.29, 1.82) is 0 Å². The molecule has 0 radical (unpaired) electrons. The number of nitrogens with zero attached hydrogens (tertiary/aromatic N) is 1. The van der Waals surface area contributed by atoms with E-state index in [9.17, 15) is 19.7 Å². The number of nitro benzene ring substituents is 1. The molecule has 0 aromatic heterocycles. The molecule has 0 aliphatic rings. The molecule has 1 N–H and O–H groups in total. The highest BCUT2D eigenvalue weighted by Gasteiger charge is 2.20. The summed E-state index contributed by atoms with van der Waals surface area (Å²) in [5.41, 5.74) is 0.576. The molecule has 2 rings (SSSR count). The minimum absolute atomic E-state index is 0.0964. The van der Waals surface area contributed by atoms with E-state index in [0.717, 1.165) is 6.07 Å². The molecule has 0 aliphatic heterocycles. The molecule has 0 saturated heterocycles. The second kappa shape index (κ2) is 9.52. The number of anilines is 1. The van der Waals surface area contributed by atoms with Gasteiger partial charge in [0, 0.05) is 23.2 Å². The average molecular weight is 405 g/mol. The zero-order valence-corrected chi connectivity index (χ0v) is 15.8. The highest BCUT2D eigenvalue weighted by atomic mass is 35.5. The van der Waals surface area contributed by atoms with E-state index >= 15 is 0 Å². The van der Waals surface area contributed by atoms with Crippen molar-refractivity contribution < 1.29 is 24.0 Å². The van der Waals surface area contributed by atoms with Gasteiger partial charge in [0.1, 0.15) is 5.75 Å². The van der Waals surface area contributed by atoms with Gasteiger partial charge in [-0.2, -0.15) is 0 Å². The number of hydrogen-bond donors (Lipinski definition) is 1. The predicted octanol–water partition coefficient (Wildman–Crippen LogP) is 3.84. The Morgan fingerprint density at radius 1 is 1.25 bits per heavy atom. The summed E-state index contributed by atoms with van der Waals surface area (Å²) in [5.74, 6) is -1.16. The number of hydrogen-bond acceptors (Lipinski definition) is 6. The molecule has 1 unspecified atom stereocenters. The number of nitrogens with one attached hydrogen (secondary N) is 1. The summed E-state index contributed by atoms with van der Waals surface area (Å²) in [6.45, 7) is 1.38. The molecule has 0 spiro atoms. The van der Waals surface area contributed by atoms with Crippen molar-refractivity contribution in [1.82, 2.24) is 0 Å². The number of halogens is 1. The van der Waals surface area contributed by atoms with Gasteiger partial charge in [0.25, 0.3) is 11.6 Å². The Bertz CT molecular complexity index is 928. The van der Waals surface area contributed by atoms with Crippen LogP contribution >= 0.6 is 11.6 Å². The third-order valence-electron chi connectivity index (χ3n) is 3.57. The molecule has 9 heteroatoms. The first-order valence-electron chi connectivity index (χ1n) is 8.07. The maximum absolute atomic E-state index is 12.3. The molecule has 0 aliphatic carbocycles. The standard InChI is InChI=1S/C19H17ClN2O6/c1-12(28-18(23)9-6-13-4-3-5-14(20)10-13)19(24)21-16-11-15(22(25)26)7-8-17(16)27-2/h3-12H,1-2H3,(H,21,24). The number of amides is 1. The third-order valence-corrected chi connectivity index (χ3v) is 3.81. The highest BCUT2D eigenvalue weighted by molar-refractivity contribution is 6.30. The first kappa shape index (κ1) is 20.9. The normalized spacial score (nSPS) is 11.7. The Hall–Kier alpha value is -3.39. The van der Waals surface area contributed by atoms with Crippen LogP contribution < -0.4 is 10.1 Å². The fraction of sp³-hybridized carbons (Fsp3) is 0.158. The lowest BCUT2D eigenvalue weighted by Gasteiger charge is -2.14. The van der Waals surface area contributed by atoms with Crippen LogP contribution in [0.15, 0.2) is 48.5 Å². The van der Waals surface area contributed by atoms with Gasteiger partial charge in [-0.1, -0.05) is 23.7 Å². The van der Waals surface area contributed by atoms with Crippen LogP contribution in [-0.2, 0) is 14.3 Å². The fourth-order valence-corrected chi connectivity index (χ4v) is 2.38. The van der Waals surface area contributed by atoms with Gasteiger partial charge in [-0.05, 0) is 36.8 Å². The van der Waals surface area contributed by atoms with Gasteiger partial charge in [0.05, 0.1) is 17.7 Å². The molecule has 0 saturated carbocycles. The molecule has 2 aromatic rings. The number of esters is 1. The van der Waals surface area contributed by atoms with Crippen LogP contribution in [0.1, 0.15) is 12.5 Å². The van der Waals surface area contributed by atoms with E-state index in [0.29, 0.717) is 10.6 Å². The van der Waals surface area contributed by atoms with Crippen LogP contribution in [0.5, 0.6) is 5.75 Å². The summed E-state index contributed by atoms with van der Waals surface area (Å²) >= 11 is 5.86. The summed E-state index contributed by atoms with van der Waals surface area (Å²) < 4.78 is 10.1. The topological polar surface area (TPSA) is 108 Å². The van der Waals surface area contributed by atoms with Gasteiger partial charge < -0.3 is 14.8 Å². The van der Waals surface area contributed by atoms with Crippen molar-refractivity contribution in [3.8, 4) is 5.75 Å². The molecule has 2 aromatic carbocycles. The summed E-state index contributed by atoms with van der Waals surface area (Å²) in [6, 6.07) is 10.6. The zero-order valence-electron chi connectivity index (χ0n) is 15.0. The largest absolute Gasteiger partial charge is 0.495 e. The SMILES string of the molecule is COc1ccc([N+](=O)[O-])cc1NC(=O)C(C)OC(=O)C=Cc1cccc(Cl)c1.